The fourth-order valence-electron chi connectivity index (χ4n) is 2.50. The summed E-state index contributed by atoms with van der Waals surface area (Å²) in [6.45, 7) is 1.97. The fourth-order valence-corrected chi connectivity index (χ4v) is 2.50. The highest BCUT2D eigenvalue weighted by Gasteiger charge is 2.54. The molecule has 0 aromatic heterocycles. The van der Waals surface area contributed by atoms with Gasteiger partial charge < -0.3 is 5.32 Å². The summed E-state index contributed by atoms with van der Waals surface area (Å²) in [6.07, 6.45) is 6.42. The van der Waals surface area contributed by atoms with E-state index in [-0.39, 0.29) is 12.3 Å². The number of amides is 1. The standard InChI is InChI=1S/C17H16N2O2/c1-3-9-19-16(21)14(11-18)15(20)17(7-8-17)13-6-4-5-12(2)10-13/h1,4-6,10,14H,7-9H2,2H3,(H,19,21)/t14-/m1/s1. The maximum Gasteiger partial charge on any atom is 0.245 e. The SMILES string of the molecule is C#CCNC(=O)[C@H](C#N)C(=O)C1(c2cccc(C)c2)CC1. The molecule has 2 rings (SSSR count). The van der Waals surface area contributed by atoms with E-state index >= 15 is 0 Å². The van der Waals surface area contributed by atoms with Crippen LogP contribution in [0.5, 0.6) is 0 Å². The number of Topliss-reactive ketones (excluding diaryl/α,β-unsaturated/α-hetero) is 1. The van der Waals surface area contributed by atoms with Gasteiger partial charge in [0.25, 0.3) is 0 Å². The summed E-state index contributed by atoms with van der Waals surface area (Å²) in [5.41, 5.74) is 1.26. The minimum Gasteiger partial charge on any atom is -0.344 e. The zero-order valence-corrected chi connectivity index (χ0v) is 11.8. The van der Waals surface area contributed by atoms with Crippen molar-refractivity contribution in [1.82, 2.24) is 5.32 Å². The van der Waals surface area contributed by atoms with Gasteiger partial charge in [0.15, 0.2) is 11.7 Å². The monoisotopic (exact) mass is 280 g/mol. The van der Waals surface area contributed by atoms with E-state index in [0.29, 0.717) is 12.8 Å². The molecule has 106 valence electrons. The third-order valence-corrected chi connectivity index (χ3v) is 3.81. The van der Waals surface area contributed by atoms with Crippen molar-refractivity contribution in [2.75, 3.05) is 6.54 Å². The first-order chi connectivity index (χ1) is 10.0. The molecule has 0 bridgehead atoms. The molecule has 1 aliphatic rings. The number of hydrogen-bond donors (Lipinski definition) is 1. The van der Waals surface area contributed by atoms with Crippen LogP contribution in [0.2, 0.25) is 0 Å². The second kappa shape index (κ2) is 5.81. The average Bonchev–Trinajstić information content (AvgIpc) is 3.27. The van der Waals surface area contributed by atoms with E-state index in [1.807, 2.05) is 37.3 Å². The predicted molar refractivity (Wildman–Crippen MR) is 78.0 cm³/mol. The first kappa shape index (κ1) is 14.8. The van der Waals surface area contributed by atoms with Crippen LogP contribution in [0.25, 0.3) is 0 Å². The predicted octanol–water partition coefficient (Wildman–Crippen LogP) is 1.48. The molecule has 1 aromatic rings. The van der Waals surface area contributed by atoms with Crippen LogP contribution in [0.3, 0.4) is 0 Å². The summed E-state index contributed by atoms with van der Waals surface area (Å²) in [7, 11) is 0. The largest absolute Gasteiger partial charge is 0.344 e. The Kier molecular flexibility index (Phi) is 4.10. The van der Waals surface area contributed by atoms with Crippen molar-refractivity contribution in [3.8, 4) is 18.4 Å². The number of carbonyl (C=O) groups excluding carboxylic acids is 2. The molecule has 21 heavy (non-hydrogen) atoms. The van der Waals surface area contributed by atoms with E-state index in [4.69, 9.17) is 6.42 Å². The molecule has 0 radical (unpaired) electrons. The quantitative estimate of drug-likeness (QED) is 0.656. The van der Waals surface area contributed by atoms with Crippen LogP contribution in [0.4, 0.5) is 0 Å². The number of aryl methyl sites for hydroxylation is 1. The molecule has 1 fully saturated rings. The molecular weight excluding hydrogens is 264 g/mol. The lowest BCUT2D eigenvalue weighted by Crippen LogP contribution is -2.39. The summed E-state index contributed by atoms with van der Waals surface area (Å²) in [5.74, 6) is 0.0128. The first-order valence-corrected chi connectivity index (χ1v) is 6.77. The van der Waals surface area contributed by atoms with Gasteiger partial charge in [-0.25, -0.2) is 0 Å². The van der Waals surface area contributed by atoms with Crippen LogP contribution in [0, 0.1) is 36.5 Å². The number of nitrogens with zero attached hydrogens (tertiary/aromatic N) is 1. The molecule has 0 spiro atoms. The molecule has 0 aliphatic heterocycles. The Labute approximate surface area is 124 Å². The topological polar surface area (TPSA) is 70.0 Å². The van der Waals surface area contributed by atoms with Crippen LogP contribution in [0.1, 0.15) is 24.0 Å². The van der Waals surface area contributed by atoms with Gasteiger partial charge in [0.05, 0.1) is 18.0 Å². The Hall–Kier alpha value is -2.59. The van der Waals surface area contributed by atoms with Crippen molar-refractivity contribution in [2.45, 2.75) is 25.2 Å². The number of hydrogen-bond acceptors (Lipinski definition) is 3. The molecule has 1 N–H and O–H groups in total. The Morgan fingerprint density at radius 1 is 1.48 bits per heavy atom. The highest BCUT2D eigenvalue weighted by atomic mass is 16.2. The molecular formula is C17H16N2O2. The zero-order chi connectivity index (χ0) is 15.5. The van der Waals surface area contributed by atoms with Gasteiger partial charge in [-0.1, -0.05) is 35.7 Å². The number of rotatable bonds is 5. The molecule has 4 heteroatoms. The Bertz CT molecular complexity index is 660. The fraction of sp³-hybridized carbons (Fsp3) is 0.353. The number of nitriles is 1. The van der Waals surface area contributed by atoms with E-state index in [2.05, 4.69) is 11.2 Å². The summed E-state index contributed by atoms with van der Waals surface area (Å²) >= 11 is 0. The number of terminal acetylenes is 1. The van der Waals surface area contributed by atoms with E-state index < -0.39 is 17.2 Å². The van der Waals surface area contributed by atoms with Crippen molar-refractivity contribution in [3.63, 3.8) is 0 Å². The van der Waals surface area contributed by atoms with Crippen molar-refractivity contribution in [2.24, 2.45) is 5.92 Å². The van der Waals surface area contributed by atoms with Gasteiger partial charge in [0.1, 0.15) is 0 Å². The molecule has 1 aliphatic carbocycles. The van der Waals surface area contributed by atoms with E-state index in [0.717, 1.165) is 11.1 Å². The minimum absolute atomic E-state index is 0.0156. The van der Waals surface area contributed by atoms with Gasteiger partial charge in [-0.15, -0.1) is 6.42 Å². The lowest BCUT2D eigenvalue weighted by atomic mass is 9.84. The summed E-state index contributed by atoms with van der Waals surface area (Å²) in [5, 5.41) is 11.6. The van der Waals surface area contributed by atoms with Gasteiger partial charge in [-0.2, -0.15) is 5.26 Å². The van der Waals surface area contributed by atoms with Crippen molar-refractivity contribution in [3.05, 3.63) is 35.4 Å². The molecule has 4 nitrogen and oxygen atoms in total. The van der Waals surface area contributed by atoms with Crippen LogP contribution in [0.15, 0.2) is 24.3 Å². The molecule has 1 atom stereocenters. The summed E-state index contributed by atoms with van der Waals surface area (Å²) in [4.78, 5) is 24.5. The van der Waals surface area contributed by atoms with Crippen LogP contribution in [-0.2, 0) is 15.0 Å². The second-order valence-corrected chi connectivity index (χ2v) is 5.30. The molecule has 1 aromatic carbocycles. The lowest BCUT2D eigenvalue weighted by molar-refractivity contribution is -0.132. The third-order valence-electron chi connectivity index (χ3n) is 3.81. The minimum atomic E-state index is -1.30. The molecule has 1 amide bonds. The maximum atomic E-state index is 12.6. The van der Waals surface area contributed by atoms with Crippen molar-refractivity contribution >= 4 is 11.7 Å². The lowest BCUT2D eigenvalue weighted by Gasteiger charge is -2.18. The van der Waals surface area contributed by atoms with E-state index in [1.165, 1.54) is 0 Å². The van der Waals surface area contributed by atoms with Gasteiger partial charge in [0.2, 0.25) is 5.91 Å². The third kappa shape index (κ3) is 2.80. The van der Waals surface area contributed by atoms with Gasteiger partial charge in [-0.05, 0) is 25.3 Å². The van der Waals surface area contributed by atoms with Crippen LogP contribution >= 0.6 is 0 Å². The normalized spacial score (nSPS) is 16.1. The summed E-state index contributed by atoms with van der Waals surface area (Å²) < 4.78 is 0. The second-order valence-electron chi connectivity index (χ2n) is 5.30. The van der Waals surface area contributed by atoms with Crippen LogP contribution < -0.4 is 5.32 Å². The average molecular weight is 280 g/mol. The molecule has 0 saturated heterocycles. The van der Waals surface area contributed by atoms with E-state index in [1.54, 1.807) is 0 Å². The van der Waals surface area contributed by atoms with Gasteiger partial charge >= 0.3 is 0 Å². The molecule has 0 heterocycles. The molecule has 0 unspecified atom stereocenters. The smallest absolute Gasteiger partial charge is 0.245 e. The Balaban J connectivity index is 2.24. The number of benzene rings is 1. The maximum absolute atomic E-state index is 12.6. The first-order valence-electron chi connectivity index (χ1n) is 6.77. The summed E-state index contributed by atoms with van der Waals surface area (Å²) in [6, 6.07) is 9.47. The highest BCUT2D eigenvalue weighted by molar-refractivity contribution is 6.10. The molecule has 1 saturated carbocycles. The van der Waals surface area contributed by atoms with Crippen LogP contribution in [-0.4, -0.2) is 18.2 Å². The Morgan fingerprint density at radius 2 is 2.19 bits per heavy atom. The van der Waals surface area contributed by atoms with E-state index in [9.17, 15) is 14.9 Å². The van der Waals surface area contributed by atoms with Gasteiger partial charge in [0, 0.05) is 0 Å². The number of carbonyl (C=O) groups is 2. The number of nitrogens with one attached hydrogen (secondary N) is 1. The van der Waals surface area contributed by atoms with Gasteiger partial charge in [-0.3, -0.25) is 9.59 Å². The van der Waals surface area contributed by atoms with Crippen molar-refractivity contribution < 1.29 is 9.59 Å². The highest BCUT2D eigenvalue weighted by Crippen LogP contribution is 2.50. The zero-order valence-electron chi connectivity index (χ0n) is 11.8. The number of ketones is 1. The Morgan fingerprint density at radius 3 is 2.71 bits per heavy atom. The van der Waals surface area contributed by atoms with Crippen molar-refractivity contribution in [1.29, 1.82) is 5.26 Å².